The van der Waals surface area contributed by atoms with Crippen LogP contribution in [0.3, 0.4) is 0 Å². The topological polar surface area (TPSA) is 130 Å². The Labute approximate surface area is 208 Å². The monoisotopic (exact) mass is 516 g/mol. The minimum absolute atomic E-state index is 0.00366. The number of esters is 4. The van der Waals surface area contributed by atoms with Crippen molar-refractivity contribution in [1.82, 2.24) is 0 Å². The highest BCUT2D eigenvalue weighted by Crippen LogP contribution is 2.30. The Bertz CT molecular complexity index is 804. The Kier molecular flexibility index (Phi) is 10.4. The fourth-order valence-corrected chi connectivity index (χ4v) is 5.35. The van der Waals surface area contributed by atoms with Crippen LogP contribution in [0.5, 0.6) is 0 Å². The van der Waals surface area contributed by atoms with E-state index in [1.807, 2.05) is 0 Å². The van der Waals surface area contributed by atoms with E-state index in [4.69, 9.17) is 18.9 Å². The molecule has 0 radical (unpaired) electrons. The molecule has 0 saturated heterocycles. The number of rotatable bonds is 14. The van der Waals surface area contributed by atoms with Crippen LogP contribution < -0.4 is 0 Å². The fraction of sp³-hybridized carbons (Fsp3) is 0.727. The molecule has 0 aromatic heterocycles. The Morgan fingerprint density at radius 3 is 1.68 bits per heavy atom. The molecule has 2 rings (SSSR count). The maximum atomic E-state index is 12.3. The molecule has 0 aromatic carbocycles. The lowest BCUT2D eigenvalue weighted by atomic mass is 10.1. The third-order valence-electron chi connectivity index (χ3n) is 4.70. The molecule has 0 unspecified atom stereocenters. The summed E-state index contributed by atoms with van der Waals surface area (Å²) in [5.74, 6) is 0.448. The normalized spacial score (nSPS) is 18.3. The molecule has 0 amide bonds. The zero-order valence-electron chi connectivity index (χ0n) is 20.2. The molecule has 0 atom stereocenters. The average molecular weight is 517 g/mol. The SMILES string of the molecule is CCC(=O)OCCOC(=O)CC(SCCC1=NC(C)(C)C(=O)O1)SCCC1=NC(C)(C)C(=O)O1. The molecule has 10 nitrogen and oxygen atoms in total. The van der Waals surface area contributed by atoms with E-state index in [9.17, 15) is 19.2 Å². The third kappa shape index (κ3) is 8.94. The highest BCUT2D eigenvalue weighted by Gasteiger charge is 2.37. The summed E-state index contributed by atoms with van der Waals surface area (Å²) in [5, 5.41) is 0. The molecule has 2 aliphatic heterocycles. The van der Waals surface area contributed by atoms with Crippen LogP contribution in [-0.2, 0) is 38.1 Å². The molecule has 2 heterocycles. The van der Waals surface area contributed by atoms with Crippen molar-refractivity contribution < 1.29 is 38.1 Å². The Morgan fingerprint density at radius 1 is 0.853 bits per heavy atom. The maximum absolute atomic E-state index is 12.3. The maximum Gasteiger partial charge on any atom is 0.340 e. The fourth-order valence-electron chi connectivity index (χ4n) is 2.77. The van der Waals surface area contributed by atoms with Gasteiger partial charge in [-0.1, -0.05) is 6.92 Å². The lowest BCUT2D eigenvalue weighted by Crippen LogP contribution is -2.25. The molecule has 190 valence electrons. The lowest BCUT2D eigenvalue weighted by Gasteiger charge is -2.15. The first kappa shape index (κ1) is 28.2. The minimum Gasteiger partial charge on any atom is -0.462 e. The lowest BCUT2D eigenvalue weighted by molar-refractivity contribution is -0.151. The van der Waals surface area contributed by atoms with Crippen molar-refractivity contribution in [2.45, 2.75) is 76.0 Å². The first-order chi connectivity index (χ1) is 15.9. The van der Waals surface area contributed by atoms with Crippen molar-refractivity contribution in [2.75, 3.05) is 24.7 Å². The predicted octanol–water partition coefficient (Wildman–Crippen LogP) is 2.91. The van der Waals surface area contributed by atoms with Gasteiger partial charge in [0.1, 0.15) is 13.2 Å². The van der Waals surface area contributed by atoms with Crippen LogP contribution in [0.15, 0.2) is 9.98 Å². The molecule has 0 saturated carbocycles. The number of hydrogen-bond donors (Lipinski definition) is 0. The summed E-state index contributed by atoms with van der Waals surface area (Å²) in [6, 6.07) is 0. The molecule has 0 bridgehead atoms. The summed E-state index contributed by atoms with van der Waals surface area (Å²) in [5.41, 5.74) is -1.74. The highest BCUT2D eigenvalue weighted by molar-refractivity contribution is 8.17. The van der Waals surface area contributed by atoms with Crippen LogP contribution in [0, 0.1) is 0 Å². The van der Waals surface area contributed by atoms with E-state index in [0.29, 0.717) is 36.1 Å². The van der Waals surface area contributed by atoms with Crippen LogP contribution in [0.4, 0.5) is 0 Å². The van der Waals surface area contributed by atoms with Gasteiger partial charge in [-0.3, -0.25) is 9.59 Å². The van der Waals surface area contributed by atoms with E-state index in [1.165, 1.54) is 23.5 Å². The molecule has 34 heavy (non-hydrogen) atoms. The minimum atomic E-state index is -0.869. The molecule has 2 aliphatic rings. The Balaban J connectivity index is 1.83. The zero-order chi connectivity index (χ0) is 25.4. The first-order valence-electron chi connectivity index (χ1n) is 11.1. The van der Waals surface area contributed by atoms with Gasteiger partial charge in [-0.15, -0.1) is 23.5 Å². The number of hydrogen-bond acceptors (Lipinski definition) is 12. The van der Waals surface area contributed by atoms with E-state index in [0.717, 1.165) is 0 Å². The summed E-state index contributed by atoms with van der Waals surface area (Å²) >= 11 is 3.05. The van der Waals surface area contributed by atoms with Crippen molar-refractivity contribution in [1.29, 1.82) is 0 Å². The van der Waals surface area contributed by atoms with Crippen LogP contribution in [0.2, 0.25) is 0 Å². The van der Waals surface area contributed by atoms with E-state index in [2.05, 4.69) is 9.98 Å². The molecule has 0 spiro atoms. The van der Waals surface area contributed by atoms with E-state index < -0.39 is 17.0 Å². The van der Waals surface area contributed by atoms with Crippen LogP contribution in [0.25, 0.3) is 0 Å². The summed E-state index contributed by atoms with van der Waals surface area (Å²) in [7, 11) is 0. The molecular weight excluding hydrogens is 484 g/mol. The highest BCUT2D eigenvalue weighted by atomic mass is 32.2. The summed E-state index contributed by atoms with van der Waals surface area (Å²) in [6.45, 7) is 8.49. The van der Waals surface area contributed by atoms with Crippen LogP contribution >= 0.6 is 23.5 Å². The number of aliphatic imine (C=N–C) groups is 2. The number of carbonyl (C=O) groups is 4. The van der Waals surface area contributed by atoms with Crippen molar-refractivity contribution in [3.05, 3.63) is 0 Å². The largest absolute Gasteiger partial charge is 0.462 e. The van der Waals surface area contributed by atoms with Gasteiger partial charge in [0.15, 0.2) is 22.9 Å². The van der Waals surface area contributed by atoms with Gasteiger partial charge in [-0.25, -0.2) is 19.6 Å². The Hall–Kier alpha value is -2.08. The van der Waals surface area contributed by atoms with E-state index >= 15 is 0 Å². The van der Waals surface area contributed by atoms with E-state index in [1.54, 1.807) is 34.6 Å². The Morgan fingerprint density at radius 2 is 1.29 bits per heavy atom. The average Bonchev–Trinajstić information content (AvgIpc) is 3.16. The summed E-state index contributed by atoms with van der Waals surface area (Å²) in [4.78, 5) is 55.6. The third-order valence-corrected chi connectivity index (χ3v) is 7.47. The number of cyclic esters (lactones) is 2. The van der Waals surface area contributed by atoms with Gasteiger partial charge in [-0.05, 0) is 27.7 Å². The van der Waals surface area contributed by atoms with E-state index in [-0.39, 0.29) is 48.5 Å². The first-order valence-corrected chi connectivity index (χ1v) is 13.2. The standard InChI is InChI=1S/C22H32N2O8S2/c1-6-16(25)29-9-10-30-17(26)13-18(33-11-7-14-23-21(2,3)19(27)31-14)34-12-8-15-24-22(4,5)20(28)32-15/h18H,6-13H2,1-5H3. The number of thioether (sulfide) groups is 2. The van der Waals surface area contributed by atoms with Gasteiger partial charge in [0.2, 0.25) is 0 Å². The van der Waals surface area contributed by atoms with Gasteiger partial charge in [0.25, 0.3) is 0 Å². The molecule has 0 aromatic rings. The smallest absolute Gasteiger partial charge is 0.340 e. The van der Waals surface area contributed by atoms with Crippen molar-refractivity contribution in [3.8, 4) is 0 Å². The number of nitrogens with zero attached hydrogens (tertiary/aromatic N) is 2. The van der Waals surface area contributed by atoms with Gasteiger partial charge in [0, 0.05) is 30.8 Å². The van der Waals surface area contributed by atoms with Gasteiger partial charge < -0.3 is 18.9 Å². The number of ether oxygens (including phenoxy) is 4. The van der Waals surface area contributed by atoms with Gasteiger partial charge >= 0.3 is 23.9 Å². The summed E-state index contributed by atoms with van der Waals surface area (Å²) in [6.07, 6.45) is 1.31. The molecule has 12 heteroatoms. The number of carbonyl (C=O) groups excluding carboxylic acids is 4. The predicted molar refractivity (Wildman–Crippen MR) is 130 cm³/mol. The quantitative estimate of drug-likeness (QED) is 0.147. The zero-order valence-corrected chi connectivity index (χ0v) is 21.8. The second-order valence-electron chi connectivity index (χ2n) is 8.58. The van der Waals surface area contributed by atoms with Gasteiger partial charge in [0.05, 0.1) is 11.0 Å². The molecule has 0 N–H and O–H groups in total. The van der Waals surface area contributed by atoms with Crippen LogP contribution in [-0.4, -0.2) is 76.1 Å². The van der Waals surface area contributed by atoms with Gasteiger partial charge in [-0.2, -0.15) is 0 Å². The summed E-state index contributed by atoms with van der Waals surface area (Å²) < 4.78 is 20.3. The second-order valence-corrected chi connectivity index (χ2v) is 11.5. The van der Waals surface area contributed by atoms with Crippen molar-refractivity contribution >= 4 is 59.2 Å². The van der Waals surface area contributed by atoms with Crippen LogP contribution in [0.1, 0.15) is 60.3 Å². The molecular formula is C22H32N2O8S2. The van der Waals surface area contributed by atoms with Crippen molar-refractivity contribution in [3.63, 3.8) is 0 Å². The van der Waals surface area contributed by atoms with Crippen molar-refractivity contribution in [2.24, 2.45) is 9.98 Å². The second kappa shape index (κ2) is 12.6. The molecule has 0 fully saturated rings. The molecule has 0 aliphatic carbocycles.